The van der Waals surface area contributed by atoms with Gasteiger partial charge >= 0.3 is 0 Å². The van der Waals surface area contributed by atoms with Crippen molar-refractivity contribution in [3.05, 3.63) is 0 Å². The second-order valence-electron chi connectivity index (χ2n) is 5.44. The van der Waals surface area contributed by atoms with Gasteiger partial charge in [-0.3, -0.25) is 0 Å². The summed E-state index contributed by atoms with van der Waals surface area (Å²) in [6.45, 7) is 0.913. The standard InChI is InChI=1S/C13H25N/c14-11-10-13(8-5-9-13)12-6-3-1-2-4-7-12/h12H,1-11,14H2. The van der Waals surface area contributed by atoms with Gasteiger partial charge in [0.25, 0.3) is 0 Å². The highest BCUT2D eigenvalue weighted by atomic mass is 14.6. The molecule has 0 aromatic carbocycles. The first kappa shape index (κ1) is 10.5. The van der Waals surface area contributed by atoms with Crippen molar-refractivity contribution in [3.8, 4) is 0 Å². The zero-order valence-electron chi connectivity index (χ0n) is 9.43. The first-order valence-electron chi connectivity index (χ1n) is 6.57. The first-order chi connectivity index (χ1) is 6.87. The van der Waals surface area contributed by atoms with Gasteiger partial charge in [-0.05, 0) is 50.0 Å². The molecule has 2 N–H and O–H groups in total. The zero-order chi connectivity index (χ0) is 9.86. The molecule has 2 aliphatic carbocycles. The molecule has 1 heteroatoms. The molecule has 14 heavy (non-hydrogen) atoms. The summed E-state index contributed by atoms with van der Waals surface area (Å²) in [7, 11) is 0. The van der Waals surface area contributed by atoms with Gasteiger partial charge < -0.3 is 5.73 Å². The molecule has 2 fully saturated rings. The van der Waals surface area contributed by atoms with Crippen molar-refractivity contribution >= 4 is 0 Å². The van der Waals surface area contributed by atoms with Crippen LogP contribution in [-0.2, 0) is 0 Å². The third-order valence-electron chi connectivity index (χ3n) is 4.71. The van der Waals surface area contributed by atoms with E-state index in [1.165, 1.54) is 64.2 Å². The molecule has 2 aliphatic rings. The highest BCUT2D eigenvalue weighted by Crippen LogP contribution is 2.53. The summed E-state index contributed by atoms with van der Waals surface area (Å²) in [5.41, 5.74) is 6.48. The summed E-state index contributed by atoms with van der Waals surface area (Å²) in [4.78, 5) is 0. The summed E-state index contributed by atoms with van der Waals surface area (Å²) in [5, 5.41) is 0. The Kier molecular flexibility index (Phi) is 3.48. The van der Waals surface area contributed by atoms with Gasteiger partial charge in [0.15, 0.2) is 0 Å². The number of hydrogen-bond donors (Lipinski definition) is 1. The van der Waals surface area contributed by atoms with Crippen LogP contribution in [0.25, 0.3) is 0 Å². The average Bonchev–Trinajstić information content (AvgIpc) is 2.39. The Morgan fingerprint density at radius 3 is 2.00 bits per heavy atom. The van der Waals surface area contributed by atoms with Crippen LogP contribution in [0.5, 0.6) is 0 Å². The normalized spacial score (nSPS) is 28.1. The van der Waals surface area contributed by atoms with E-state index in [1.807, 2.05) is 0 Å². The molecule has 0 amide bonds. The summed E-state index contributed by atoms with van der Waals surface area (Å²) in [6, 6.07) is 0. The van der Waals surface area contributed by atoms with Crippen LogP contribution in [0.15, 0.2) is 0 Å². The fraction of sp³-hybridized carbons (Fsp3) is 1.00. The molecule has 0 aromatic heterocycles. The molecule has 0 heterocycles. The molecular weight excluding hydrogens is 170 g/mol. The fourth-order valence-electron chi connectivity index (χ4n) is 3.67. The lowest BCUT2D eigenvalue weighted by molar-refractivity contribution is 0.0317. The summed E-state index contributed by atoms with van der Waals surface area (Å²) in [5.74, 6) is 1.03. The summed E-state index contributed by atoms with van der Waals surface area (Å²) < 4.78 is 0. The molecule has 82 valence electrons. The molecule has 0 saturated heterocycles. The second kappa shape index (κ2) is 4.65. The smallest absolute Gasteiger partial charge is 0.00719 e. The van der Waals surface area contributed by atoms with Crippen LogP contribution < -0.4 is 5.73 Å². The molecule has 0 aromatic rings. The van der Waals surface area contributed by atoms with Crippen molar-refractivity contribution in [2.45, 2.75) is 64.2 Å². The lowest BCUT2D eigenvalue weighted by Gasteiger charge is -2.48. The maximum Gasteiger partial charge on any atom is -0.00719 e. The van der Waals surface area contributed by atoms with Gasteiger partial charge in [0.05, 0.1) is 0 Å². The van der Waals surface area contributed by atoms with Crippen molar-refractivity contribution in [2.24, 2.45) is 17.1 Å². The molecule has 0 radical (unpaired) electrons. The molecule has 2 rings (SSSR count). The van der Waals surface area contributed by atoms with Crippen molar-refractivity contribution < 1.29 is 0 Å². The maximum absolute atomic E-state index is 5.77. The van der Waals surface area contributed by atoms with Crippen LogP contribution in [0.2, 0.25) is 0 Å². The Bertz CT molecular complexity index is 164. The van der Waals surface area contributed by atoms with Crippen LogP contribution in [0.1, 0.15) is 64.2 Å². The molecule has 0 atom stereocenters. The van der Waals surface area contributed by atoms with Crippen molar-refractivity contribution in [1.82, 2.24) is 0 Å². The highest BCUT2D eigenvalue weighted by Gasteiger charge is 2.42. The summed E-state index contributed by atoms with van der Waals surface area (Å²) >= 11 is 0. The Morgan fingerprint density at radius 1 is 0.929 bits per heavy atom. The number of hydrogen-bond acceptors (Lipinski definition) is 1. The predicted molar refractivity (Wildman–Crippen MR) is 61.1 cm³/mol. The lowest BCUT2D eigenvalue weighted by Crippen LogP contribution is -2.39. The van der Waals surface area contributed by atoms with E-state index in [2.05, 4.69) is 0 Å². The minimum absolute atomic E-state index is 0.707. The van der Waals surface area contributed by atoms with Gasteiger partial charge in [0, 0.05) is 0 Å². The Labute approximate surface area is 88.4 Å². The molecular formula is C13H25N. The predicted octanol–water partition coefficient (Wildman–Crippen LogP) is 3.48. The number of nitrogens with two attached hydrogens (primary N) is 1. The van der Waals surface area contributed by atoms with E-state index in [-0.39, 0.29) is 0 Å². The van der Waals surface area contributed by atoms with Gasteiger partial charge in [0.1, 0.15) is 0 Å². The SMILES string of the molecule is NCCC1(C2CCCCCC2)CCC1. The quantitative estimate of drug-likeness (QED) is 0.686. The van der Waals surface area contributed by atoms with E-state index >= 15 is 0 Å². The Morgan fingerprint density at radius 2 is 1.57 bits per heavy atom. The number of rotatable bonds is 3. The topological polar surface area (TPSA) is 26.0 Å². The fourth-order valence-corrected chi connectivity index (χ4v) is 3.67. The third kappa shape index (κ3) is 1.98. The monoisotopic (exact) mass is 195 g/mol. The lowest BCUT2D eigenvalue weighted by atomic mass is 9.57. The van der Waals surface area contributed by atoms with E-state index in [4.69, 9.17) is 5.73 Å². The summed E-state index contributed by atoms with van der Waals surface area (Å²) in [6.07, 6.45) is 14.7. The van der Waals surface area contributed by atoms with Crippen LogP contribution >= 0.6 is 0 Å². The van der Waals surface area contributed by atoms with E-state index in [9.17, 15) is 0 Å². The van der Waals surface area contributed by atoms with Crippen molar-refractivity contribution in [1.29, 1.82) is 0 Å². The van der Waals surface area contributed by atoms with E-state index in [0.29, 0.717) is 5.41 Å². The third-order valence-corrected chi connectivity index (χ3v) is 4.71. The van der Waals surface area contributed by atoms with E-state index in [1.54, 1.807) is 0 Å². The molecule has 0 spiro atoms. The van der Waals surface area contributed by atoms with E-state index in [0.717, 1.165) is 12.5 Å². The van der Waals surface area contributed by atoms with E-state index < -0.39 is 0 Å². The molecule has 1 nitrogen and oxygen atoms in total. The minimum Gasteiger partial charge on any atom is -0.330 e. The van der Waals surface area contributed by atoms with Crippen LogP contribution in [0.4, 0.5) is 0 Å². The largest absolute Gasteiger partial charge is 0.330 e. The van der Waals surface area contributed by atoms with Gasteiger partial charge in [-0.1, -0.05) is 32.1 Å². The Balaban J connectivity index is 1.95. The molecule has 0 bridgehead atoms. The van der Waals surface area contributed by atoms with Crippen LogP contribution in [-0.4, -0.2) is 6.54 Å². The van der Waals surface area contributed by atoms with Gasteiger partial charge in [-0.15, -0.1) is 0 Å². The molecule has 0 unspecified atom stereocenters. The van der Waals surface area contributed by atoms with Crippen molar-refractivity contribution in [3.63, 3.8) is 0 Å². The second-order valence-corrected chi connectivity index (χ2v) is 5.44. The van der Waals surface area contributed by atoms with Crippen LogP contribution in [0.3, 0.4) is 0 Å². The van der Waals surface area contributed by atoms with Crippen molar-refractivity contribution in [2.75, 3.05) is 6.54 Å². The maximum atomic E-state index is 5.77. The minimum atomic E-state index is 0.707. The molecule has 2 saturated carbocycles. The average molecular weight is 195 g/mol. The zero-order valence-corrected chi connectivity index (χ0v) is 9.43. The van der Waals surface area contributed by atoms with Gasteiger partial charge in [-0.2, -0.15) is 0 Å². The van der Waals surface area contributed by atoms with Gasteiger partial charge in [0.2, 0.25) is 0 Å². The molecule has 0 aliphatic heterocycles. The highest BCUT2D eigenvalue weighted by molar-refractivity contribution is 4.93. The first-order valence-corrected chi connectivity index (χ1v) is 6.57. The van der Waals surface area contributed by atoms with Gasteiger partial charge in [-0.25, -0.2) is 0 Å². The van der Waals surface area contributed by atoms with Crippen LogP contribution in [0, 0.1) is 11.3 Å². The Hall–Kier alpha value is -0.0400.